The lowest BCUT2D eigenvalue weighted by Crippen LogP contribution is -2.35. The summed E-state index contributed by atoms with van der Waals surface area (Å²) in [4.78, 5) is 20.3. The second-order valence-corrected chi connectivity index (χ2v) is 6.64. The molecule has 0 fully saturated rings. The van der Waals surface area contributed by atoms with Crippen molar-refractivity contribution < 1.29 is 23.1 Å². The number of benzene rings is 1. The summed E-state index contributed by atoms with van der Waals surface area (Å²) in [6.07, 6.45) is -3.20. The molecule has 1 N–H and O–H groups in total. The molecule has 27 heavy (non-hydrogen) atoms. The number of alkyl halides is 3. The first-order chi connectivity index (χ1) is 12.8. The molecule has 140 valence electrons. The summed E-state index contributed by atoms with van der Waals surface area (Å²) in [5.74, 6) is 0.188. The Hall–Kier alpha value is -3.03. The number of carbonyl (C=O) groups excluding carboxylic acids is 1. The topological polar surface area (TPSA) is 56.7 Å². The van der Waals surface area contributed by atoms with Crippen LogP contribution >= 0.6 is 0 Å². The van der Waals surface area contributed by atoms with Crippen LogP contribution in [0.4, 0.5) is 19.0 Å². The number of hydrogen-bond donors (Lipinski definition) is 1. The third-order valence-corrected chi connectivity index (χ3v) is 4.83. The average molecular weight is 375 g/mol. The minimum absolute atomic E-state index is 0.0820. The predicted octanol–water partition coefficient (Wildman–Crippen LogP) is 3.08. The molecule has 0 saturated carbocycles. The number of aromatic hydroxyl groups is 1. The molecule has 0 radical (unpaired) electrons. The number of nitrogens with zero attached hydrogens (tertiary/aromatic N) is 3. The first-order valence-electron chi connectivity index (χ1n) is 8.38. The van der Waals surface area contributed by atoms with Crippen LogP contribution in [-0.2, 0) is 6.18 Å². The molecule has 1 aromatic heterocycles. The smallest absolute Gasteiger partial charge is 0.417 e. The molecule has 0 saturated heterocycles. The summed E-state index contributed by atoms with van der Waals surface area (Å²) in [6, 6.07) is 8.14. The summed E-state index contributed by atoms with van der Waals surface area (Å²) < 4.78 is 39.5. The van der Waals surface area contributed by atoms with Crippen molar-refractivity contribution in [3.8, 4) is 5.75 Å². The Balaban J connectivity index is 1.47. The van der Waals surface area contributed by atoms with Crippen LogP contribution in [0, 0.1) is 0 Å². The Morgan fingerprint density at radius 1 is 1.00 bits per heavy atom. The zero-order valence-electron chi connectivity index (χ0n) is 14.2. The number of pyridine rings is 1. The fourth-order valence-corrected chi connectivity index (χ4v) is 3.54. The van der Waals surface area contributed by atoms with Gasteiger partial charge in [-0.1, -0.05) is 12.1 Å². The van der Waals surface area contributed by atoms with E-state index < -0.39 is 17.6 Å². The quantitative estimate of drug-likeness (QED) is 0.820. The van der Waals surface area contributed by atoms with E-state index >= 15 is 0 Å². The van der Waals surface area contributed by atoms with Crippen LogP contribution in [0.5, 0.6) is 5.75 Å². The van der Waals surface area contributed by atoms with E-state index in [1.54, 1.807) is 12.1 Å². The standard InChI is InChI=1S/C19H16F3N3O2/c20-19(21,22)16-4-2-1-3-15(16)18(27)25-10-12-8-24(9-13(12)11-25)17-6-5-14(26)7-23-17/h1-7,26H,8-11H2. The van der Waals surface area contributed by atoms with Gasteiger partial charge in [-0.25, -0.2) is 4.98 Å². The zero-order chi connectivity index (χ0) is 19.2. The number of amides is 1. The summed E-state index contributed by atoms with van der Waals surface area (Å²) in [5, 5.41) is 9.33. The first kappa shape index (κ1) is 17.4. The summed E-state index contributed by atoms with van der Waals surface area (Å²) in [5.41, 5.74) is 0.839. The van der Waals surface area contributed by atoms with E-state index in [9.17, 15) is 23.1 Å². The molecule has 2 aromatic rings. The molecule has 1 amide bonds. The summed E-state index contributed by atoms with van der Waals surface area (Å²) >= 11 is 0. The van der Waals surface area contributed by atoms with Gasteiger partial charge in [0.05, 0.1) is 17.3 Å². The van der Waals surface area contributed by atoms with E-state index in [4.69, 9.17) is 0 Å². The summed E-state index contributed by atoms with van der Waals surface area (Å²) in [7, 11) is 0. The van der Waals surface area contributed by atoms with Gasteiger partial charge in [-0.05, 0) is 35.4 Å². The highest BCUT2D eigenvalue weighted by Crippen LogP contribution is 2.34. The number of aromatic nitrogens is 1. The number of carbonyl (C=O) groups is 1. The molecule has 0 aliphatic carbocycles. The van der Waals surface area contributed by atoms with Crippen LogP contribution in [0.25, 0.3) is 0 Å². The Morgan fingerprint density at radius 3 is 2.26 bits per heavy atom. The Bertz CT molecular complexity index is 905. The third-order valence-electron chi connectivity index (χ3n) is 4.83. The van der Waals surface area contributed by atoms with E-state index in [0.29, 0.717) is 32.0 Å². The van der Waals surface area contributed by atoms with Crippen molar-refractivity contribution in [3.05, 3.63) is 64.9 Å². The molecule has 2 aliphatic heterocycles. The molecule has 5 nitrogen and oxygen atoms in total. The molecule has 0 bridgehead atoms. The molecule has 8 heteroatoms. The van der Waals surface area contributed by atoms with Crippen LogP contribution < -0.4 is 4.90 Å². The molecule has 0 unspecified atom stereocenters. The van der Waals surface area contributed by atoms with Gasteiger partial charge in [0.15, 0.2) is 0 Å². The van der Waals surface area contributed by atoms with Gasteiger partial charge in [0.1, 0.15) is 11.6 Å². The van der Waals surface area contributed by atoms with Gasteiger partial charge in [0.2, 0.25) is 0 Å². The van der Waals surface area contributed by atoms with Crippen LogP contribution in [-0.4, -0.2) is 47.1 Å². The number of anilines is 1. The predicted molar refractivity (Wildman–Crippen MR) is 92.5 cm³/mol. The minimum atomic E-state index is -4.57. The van der Waals surface area contributed by atoms with Crippen LogP contribution in [0.1, 0.15) is 15.9 Å². The van der Waals surface area contributed by atoms with Gasteiger partial charge in [-0.3, -0.25) is 4.79 Å². The number of hydrogen-bond acceptors (Lipinski definition) is 4. The van der Waals surface area contributed by atoms with Crippen LogP contribution in [0.3, 0.4) is 0 Å². The maximum Gasteiger partial charge on any atom is 0.417 e. The highest BCUT2D eigenvalue weighted by molar-refractivity contribution is 5.96. The van der Waals surface area contributed by atoms with E-state index in [2.05, 4.69) is 4.98 Å². The minimum Gasteiger partial charge on any atom is -0.506 e. The Kier molecular flexibility index (Phi) is 4.05. The largest absolute Gasteiger partial charge is 0.506 e. The zero-order valence-corrected chi connectivity index (χ0v) is 14.2. The lowest BCUT2D eigenvalue weighted by Gasteiger charge is -2.24. The van der Waals surface area contributed by atoms with Crippen molar-refractivity contribution in [1.29, 1.82) is 0 Å². The van der Waals surface area contributed by atoms with Crippen LogP contribution in [0.15, 0.2) is 53.7 Å². The molecular weight excluding hydrogens is 359 g/mol. The average Bonchev–Trinajstić information content (AvgIpc) is 3.20. The maximum absolute atomic E-state index is 13.2. The van der Waals surface area contributed by atoms with Crippen molar-refractivity contribution >= 4 is 11.7 Å². The van der Waals surface area contributed by atoms with Crippen molar-refractivity contribution in [1.82, 2.24) is 9.88 Å². The fourth-order valence-electron chi connectivity index (χ4n) is 3.54. The van der Waals surface area contributed by atoms with E-state index in [0.717, 1.165) is 17.2 Å². The third kappa shape index (κ3) is 3.22. The molecule has 2 aliphatic rings. The van der Waals surface area contributed by atoms with Crippen molar-refractivity contribution in [3.63, 3.8) is 0 Å². The Morgan fingerprint density at radius 2 is 1.67 bits per heavy atom. The first-order valence-corrected chi connectivity index (χ1v) is 8.38. The molecule has 4 rings (SSSR count). The summed E-state index contributed by atoms with van der Waals surface area (Å²) in [6.45, 7) is 1.76. The van der Waals surface area contributed by atoms with Gasteiger partial charge in [0, 0.05) is 26.2 Å². The number of halogens is 3. The van der Waals surface area contributed by atoms with E-state index in [1.165, 1.54) is 29.3 Å². The second-order valence-electron chi connectivity index (χ2n) is 6.64. The van der Waals surface area contributed by atoms with Gasteiger partial charge < -0.3 is 14.9 Å². The van der Waals surface area contributed by atoms with Gasteiger partial charge >= 0.3 is 6.18 Å². The molecule has 0 spiro atoms. The van der Waals surface area contributed by atoms with Crippen molar-refractivity contribution in [2.45, 2.75) is 6.18 Å². The molecule has 3 heterocycles. The van der Waals surface area contributed by atoms with E-state index in [1.807, 2.05) is 4.90 Å². The molecule has 1 aromatic carbocycles. The normalized spacial score (nSPS) is 16.9. The SMILES string of the molecule is O=C(c1ccccc1C(F)(F)F)N1CC2=C(C1)CN(c1ccc(O)cn1)C2. The lowest BCUT2D eigenvalue weighted by molar-refractivity contribution is -0.138. The van der Waals surface area contributed by atoms with Gasteiger partial charge in [-0.2, -0.15) is 13.2 Å². The Labute approximate surface area is 153 Å². The van der Waals surface area contributed by atoms with Crippen molar-refractivity contribution in [2.24, 2.45) is 0 Å². The molecular formula is C19H16F3N3O2. The fraction of sp³-hybridized carbons (Fsp3) is 0.263. The maximum atomic E-state index is 13.2. The lowest BCUT2D eigenvalue weighted by atomic mass is 10.1. The van der Waals surface area contributed by atoms with E-state index in [-0.39, 0.29) is 11.3 Å². The second kappa shape index (κ2) is 6.29. The highest BCUT2D eigenvalue weighted by atomic mass is 19.4. The van der Waals surface area contributed by atoms with Gasteiger partial charge in [0.25, 0.3) is 5.91 Å². The highest BCUT2D eigenvalue weighted by Gasteiger charge is 2.38. The van der Waals surface area contributed by atoms with Crippen molar-refractivity contribution in [2.75, 3.05) is 31.1 Å². The number of rotatable bonds is 2. The van der Waals surface area contributed by atoms with Crippen LogP contribution in [0.2, 0.25) is 0 Å². The van der Waals surface area contributed by atoms with Gasteiger partial charge in [-0.15, -0.1) is 0 Å². The monoisotopic (exact) mass is 375 g/mol. The molecule has 0 atom stereocenters.